The molecule has 0 atom stereocenters. The molecule has 0 saturated carbocycles. The summed E-state index contributed by atoms with van der Waals surface area (Å²) in [7, 11) is 0. The van der Waals surface area contributed by atoms with E-state index in [4.69, 9.17) is 21.1 Å². The number of halogens is 1. The molecule has 0 bridgehead atoms. The molecule has 0 aliphatic rings. The van der Waals surface area contributed by atoms with Gasteiger partial charge in [-0.15, -0.1) is 0 Å². The quantitative estimate of drug-likeness (QED) is 0.795. The van der Waals surface area contributed by atoms with Crippen LogP contribution in [0.25, 0.3) is 17.2 Å². The lowest BCUT2D eigenvalue weighted by Crippen LogP contribution is -1.85. The van der Waals surface area contributed by atoms with Crippen molar-refractivity contribution in [1.82, 2.24) is 4.98 Å². The highest BCUT2D eigenvalue weighted by Crippen LogP contribution is 2.20. The average molecular weight is 224 g/mol. The first-order valence-corrected chi connectivity index (χ1v) is 4.50. The van der Waals surface area contributed by atoms with Crippen LogP contribution in [-0.2, 0) is 4.79 Å². The van der Waals surface area contributed by atoms with Gasteiger partial charge in [0, 0.05) is 17.2 Å². The lowest BCUT2D eigenvalue weighted by atomic mass is 10.3. The fourth-order valence-electron chi connectivity index (χ4n) is 1.13. The monoisotopic (exact) mass is 223 g/mol. The highest BCUT2D eigenvalue weighted by atomic mass is 35.5. The Labute approximate surface area is 89.8 Å². The molecule has 76 valence electrons. The number of benzene rings is 1. The highest BCUT2D eigenvalue weighted by molar-refractivity contribution is 6.31. The largest absolute Gasteiger partial charge is 0.478 e. The number of rotatable bonds is 2. The molecule has 5 heteroatoms. The van der Waals surface area contributed by atoms with Crippen LogP contribution < -0.4 is 0 Å². The van der Waals surface area contributed by atoms with Crippen molar-refractivity contribution in [3.05, 3.63) is 35.2 Å². The molecule has 0 saturated heterocycles. The van der Waals surface area contributed by atoms with E-state index < -0.39 is 5.97 Å². The minimum Gasteiger partial charge on any atom is -0.478 e. The van der Waals surface area contributed by atoms with Crippen molar-refractivity contribution in [2.24, 2.45) is 0 Å². The van der Waals surface area contributed by atoms with Crippen LogP contribution >= 0.6 is 11.6 Å². The van der Waals surface area contributed by atoms with Gasteiger partial charge in [-0.1, -0.05) is 11.6 Å². The van der Waals surface area contributed by atoms with Crippen molar-refractivity contribution < 1.29 is 14.3 Å². The molecule has 1 aromatic carbocycles. The summed E-state index contributed by atoms with van der Waals surface area (Å²) in [4.78, 5) is 14.3. The van der Waals surface area contributed by atoms with Crippen LogP contribution in [0.15, 0.2) is 28.7 Å². The summed E-state index contributed by atoms with van der Waals surface area (Å²) in [6.45, 7) is 0. The van der Waals surface area contributed by atoms with Crippen LogP contribution in [0, 0.1) is 0 Å². The van der Waals surface area contributed by atoms with Crippen LogP contribution in [0.1, 0.15) is 5.89 Å². The Morgan fingerprint density at radius 1 is 1.53 bits per heavy atom. The maximum absolute atomic E-state index is 10.3. The summed E-state index contributed by atoms with van der Waals surface area (Å²) >= 11 is 5.76. The van der Waals surface area contributed by atoms with E-state index in [-0.39, 0.29) is 5.89 Å². The molecule has 15 heavy (non-hydrogen) atoms. The smallest absolute Gasteiger partial charge is 0.328 e. The van der Waals surface area contributed by atoms with Crippen LogP contribution in [0.5, 0.6) is 0 Å². The third kappa shape index (κ3) is 2.16. The van der Waals surface area contributed by atoms with Gasteiger partial charge < -0.3 is 9.52 Å². The Morgan fingerprint density at radius 3 is 3.07 bits per heavy atom. The molecular weight excluding hydrogens is 218 g/mol. The molecule has 0 radical (unpaired) electrons. The minimum absolute atomic E-state index is 0.245. The zero-order chi connectivity index (χ0) is 10.8. The number of nitrogens with zero attached hydrogens (tertiary/aromatic N) is 1. The van der Waals surface area contributed by atoms with Gasteiger partial charge in [-0.05, 0) is 18.2 Å². The number of fused-ring (bicyclic) bond motifs is 1. The summed E-state index contributed by atoms with van der Waals surface area (Å²) in [5, 5.41) is 8.98. The molecule has 4 nitrogen and oxygen atoms in total. The van der Waals surface area contributed by atoms with Crippen molar-refractivity contribution >= 4 is 34.7 Å². The third-order valence-electron chi connectivity index (χ3n) is 1.73. The molecule has 2 rings (SSSR count). The van der Waals surface area contributed by atoms with Gasteiger partial charge in [-0.2, -0.15) is 0 Å². The Morgan fingerprint density at radius 2 is 2.33 bits per heavy atom. The average Bonchev–Trinajstić information content (AvgIpc) is 2.56. The molecule has 1 aromatic heterocycles. The molecule has 1 N–H and O–H groups in total. The summed E-state index contributed by atoms with van der Waals surface area (Å²) in [6, 6.07) is 5.01. The summed E-state index contributed by atoms with van der Waals surface area (Å²) in [6.07, 6.45) is 2.25. The van der Waals surface area contributed by atoms with Crippen molar-refractivity contribution in [3.63, 3.8) is 0 Å². The Hall–Kier alpha value is -1.81. The maximum Gasteiger partial charge on any atom is 0.328 e. The third-order valence-corrected chi connectivity index (χ3v) is 1.97. The second kappa shape index (κ2) is 3.74. The molecule has 0 aliphatic carbocycles. The molecule has 1 heterocycles. The fourth-order valence-corrected chi connectivity index (χ4v) is 1.30. The number of hydrogen-bond donors (Lipinski definition) is 1. The number of hydrogen-bond acceptors (Lipinski definition) is 3. The minimum atomic E-state index is -1.05. The van der Waals surface area contributed by atoms with Crippen LogP contribution in [-0.4, -0.2) is 16.1 Å². The van der Waals surface area contributed by atoms with Crippen molar-refractivity contribution in [2.45, 2.75) is 0 Å². The Bertz CT molecular complexity index is 545. The van der Waals surface area contributed by atoms with Crippen molar-refractivity contribution in [1.29, 1.82) is 0 Å². The lowest BCUT2D eigenvalue weighted by molar-refractivity contribution is -0.131. The first kappa shape index (κ1) is 9.73. The first-order valence-electron chi connectivity index (χ1n) is 4.12. The summed E-state index contributed by atoms with van der Waals surface area (Å²) in [5.74, 6) is -0.801. The fraction of sp³-hybridized carbons (Fsp3) is 0. The van der Waals surface area contributed by atoms with Crippen LogP contribution in [0.3, 0.4) is 0 Å². The van der Waals surface area contributed by atoms with Crippen LogP contribution in [0.2, 0.25) is 5.02 Å². The molecule has 0 unspecified atom stereocenters. The number of aromatic nitrogens is 1. The standard InChI is InChI=1S/C10H6ClNO3/c11-6-1-2-8-7(5-6)12-9(15-8)3-4-10(13)14/h1-5H,(H,13,14)/b4-3+. The Balaban J connectivity index is 2.43. The molecule has 2 aromatic rings. The normalized spacial score (nSPS) is 11.3. The zero-order valence-corrected chi connectivity index (χ0v) is 8.23. The lowest BCUT2D eigenvalue weighted by Gasteiger charge is -1.85. The number of carboxylic acids is 1. The van der Waals surface area contributed by atoms with E-state index in [1.807, 2.05) is 0 Å². The van der Waals surface area contributed by atoms with Crippen molar-refractivity contribution in [3.8, 4) is 0 Å². The van der Waals surface area contributed by atoms with Gasteiger partial charge in [0.15, 0.2) is 5.58 Å². The van der Waals surface area contributed by atoms with E-state index in [0.29, 0.717) is 16.1 Å². The van der Waals surface area contributed by atoms with Gasteiger partial charge in [0.1, 0.15) is 5.52 Å². The number of aliphatic carboxylic acids is 1. The summed E-state index contributed by atoms with van der Waals surface area (Å²) < 4.78 is 5.25. The van der Waals surface area contributed by atoms with Crippen molar-refractivity contribution in [2.75, 3.05) is 0 Å². The van der Waals surface area contributed by atoms with Gasteiger partial charge in [-0.25, -0.2) is 9.78 Å². The number of carbonyl (C=O) groups is 1. The molecule has 0 aliphatic heterocycles. The van der Waals surface area contributed by atoms with Gasteiger partial charge in [0.2, 0.25) is 5.89 Å². The second-order valence-electron chi connectivity index (χ2n) is 2.84. The van der Waals surface area contributed by atoms with E-state index in [1.54, 1.807) is 18.2 Å². The van der Waals surface area contributed by atoms with Crippen LogP contribution in [0.4, 0.5) is 0 Å². The topological polar surface area (TPSA) is 63.3 Å². The molecule has 0 amide bonds. The van der Waals surface area contributed by atoms with E-state index in [9.17, 15) is 4.79 Å². The summed E-state index contributed by atoms with van der Waals surface area (Å²) in [5.41, 5.74) is 1.18. The van der Waals surface area contributed by atoms with E-state index in [1.165, 1.54) is 6.08 Å². The van der Waals surface area contributed by atoms with Gasteiger partial charge >= 0.3 is 5.97 Å². The van der Waals surface area contributed by atoms with E-state index >= 15 is 0 Å². The van der Waals surface area contributed by atoms with Gasteiger partial charge in [-0.3, -0.25) is 0 Å². The second-order valence-corrected chi connectivity index (χ2v) is 3.27. The number of carboxylic acid groups (broad SMARTS) is 1. The molecule has 0 spiro atoms. The molecule has 0 fully saturated rings. The van der Waals surface area contributed by atoms with E-state index in [0.717, 1.165) is 6.08 Å². The van der Waals surface area contributed by atoms with E-state index in [2.05, 4.69) is 4.98 Å². The SMILES string of the molecule is O=C(O)/C=C/c1nc2cc(Cl)ccc2o1. The number of oxazole rings is 1. The maximum atomic E-state index is 10.3. The first-order chi connectivity index (χ1) is 7.15. The predicted molar refractivity (Wildman–Crippen MR) is 55.7 cm³/mol. The Kier molecular flexibility index (Phi) is 2.43. The van der Waals surface area contributed by atoms with Gasteiger partial charge in [0.25, 0.3) is 0 Å². The zero-order valence-electron chi connectivity index (χ0n) is 7.48. The van der Waals surface area contributed by atoms with Gasteiger partial charge in [0.05, 0.1) is 0 Å². The highest BCUT2D eigenvalue weighted by Gasteiger charge is 2.03. The molecular formula is C10H6ClNO3. The predicted octanol–water partition coefficient (Wildman–Crippen LogP) is 2.58.